The number of ether oxygens (including phenoxy) is 1. The molecule has 1 aromatic carbocycles. The molecule has 0 radical (unpaired) electrons. The van der Waals surface area contributed by atoms with E-state index in [0.29, 0.717) is 16.8 Å². The average molecular weight is 500 g/mol. The largest absolute Gasteiger partial charge is 0.492 e. The SMILES string of the molecule is O=C(NS(=O)(=O)N1CC(NC(F)(F)C(=O)O)C1)c1cc(Cl)c(OCC2CCCC2)cc1F. The third-order valence-corrected chi connectivity index (χ3v) is 7.00. The van der Waals surface area contributed by atoms with E-state index in [1.54, 1.807) is 4.72 Å². The van der Waals surface area contributed by atoms with Gasteiger partial charge in [-0.2, -0.15) is 21.5 Å². The van der Waals surface area contributed by atoms with Gasteiger partial charge in [-0.3, -0.25) is 4.79 Å². The number of alkyl halides is 2. The summed E-state index contributed by atoms with van der Waals surface area (Å²) in [5.74, 6) is -4.39. The Morgan fingerprint density at radius 1 is 1.25 bits per heavy atom. The minimum atomic E-state index is -4.48. The molecule has 32 heavy (non-hydrogen) atoms. The highest BCUT2D eigenvalue weighted by atomic mass is 35.5. The van der Waals surface area contributed by atoms with Gasteiger partial charge in [0, 0.05) is 25.2 Å². The number of benzene rings is 1. The Bertz CT molecular complexity index is 998. The predicted octanol–water partition coefficient (Wildman–Crippen LogP) is 1.97. The summed E-state index contributed by atoms with van der Waals surface area (Å²) in [5, 5.41) is 9.80. The van der Waals surface area contributed by atoms with E-state index in [4.69, 9.17) is 21.4 Å². The van der Waals surface area contributed by atoms with Crippen LogP contribution in [-0.2, 0) is 15.0 Å². The van der Waals surface area contributed by atoms with Crippen molar-refractivity contribution in [1.29, 1.82) is 0 Å². The Hall–Kier alpha value is -2.09. The second-order valence-corrected chi connectivity index (χ2v) is 9.78. The molecule has 1 aliphatic carbocycles. The van der Waals surface area contributed by atoms with Gasteiger partial charge in [-0.05, 0) is 24.8 Å². The Morgan fingerprint density at radius 2 is 1.88 bits per heavy atom. The zero-order valence-corrected chi connectivity index (χ0v) is 18.2. The average Bonchev–Trinajstić information content (AvgIpc) is 3.17. The molecule has 0 unspecified atom stereocenters. The van der Waals surface area contributed by atoms with Gasteiger partial charge in [0.1, 0.15) is 11.6 Å². The lowest BCUT2D eigenvalue weighted by Crippen LogP contribution is -2.66. The number of halogens is 4. The number of nitrogens with one attached hydrogen (secondary N) is 2. The molecule has 0 atom stereocenters. The van der Waals surface area contributed by atoms with Crippen LogP contribution in [0.15, 0.2) is 12.1 Å². The van der Waals surface area contributed by atoms with Crippen LogP contribution in [0.1, 0.15) is 36.0 Å². The molecule has 14 heteroatoms. The van der Waals surface area contributed by atoms with E-state index in [0.717, 1.165) is 37.8 Å². The molecule has 0 bridgehead atoms. The molecule has 1 saturated carbocycles. The summed E-state index contributed by atoms with van der Waals surface area (Å²) in [4.78, 5) is 22.7. The maximum absolute atomic E-state index is 14.4. The number of nitrogens with zero attached hydrogens (tertiary/aromatic N) is 1. The standard InChI is InChI=1S/C18H21ClF3N3O6S/c19-13-5-12(14(20)6-15(13)31-9-10-3-1-2-4-10)16(26)24-32(29,30)25-7-11(8-25)23-18(21,22)17(27)28/h5-6,10-11,23H,1-4,7-9H2,(H,24,26)(H,27,28). The van der Waals surface area contributed by atoms with Crippen LogP contribution in [0.5, 0.6) is 5.75 Å². The molecular formula is C18H21ClF3N3O6S. The van der Waals surface area contributed by atoms with Crippen LogP contribution < -0.4 is 14.8 Å². The molecule has 178 valence electrons. The maximum Gasteiger partial charge on any atom is 0.399 e. The zero-order valence-electron chi connectivity index (χ0n) is 16.6. The molecule has 9 nitrogen and oxygen atoms in total. The highest BCUT2D eigenvalue weighted by molar-refractivity contribution is 7.87. The smallest absolute Gasteiger partial charge is 0.399 e. The topological polar surface area (TPSA) is 125 Å². The summed E-state index contributed by atoms with van der Waals surface area (Å²) in [6.07, 6.45) is 4.19. The number of hydrogen-bond donors (Lipinski definition) is 3. The highest BCUT2D eigenvalue weighted by Crippen LogP contribution is 2.31. The first-order valence-corrected chi connectivity index (χ1v) is 11.5. The quantitative estimate of drug-likeness (QED) is 0.444. The van der Waals surface area contributed by atoms with E-state index < -0.39 is 58.6 Å². The molecule has 3 N–H and O–H groups in total. The van der Waals surface area contributed by atoms with Crippen molar-refractivity contribution in [1.82, 2.24) is 14.3 Å². The van der Waals surface area contributed by atoms with Crippen LogP contribution in [-0.4, -0.2) is 61.5 Å². The third-order valence-electron chi connectivity index (χ3n) is 5.28. The van der Waals surface area contributed by atoms with Gasteiger partial charge in [-0.15, -0.1) is 0 Å². The fourth-order valence-corrected chi connectivity index (χ4v) is 4.92. The number of rotatable bonds is 9. The lowest BCUT2D eigenvalue weighted by molar-refractivity contribution is -0.172. The number of carboxylic acids is 1. The normalized spacial score (nSPS) is 18.4. The molecule has 1 heterocycles. The number of aliphatic carboxylic acids is 1. The van der Waals surface area contributed by atoms with Gasteiger partial charge in [-0.25, -0.2) is 19.2 Å². The van der Waals surface area contributed by atoms with E-state index in [1.807, 2.05) is 0 Å². The molecule has 1 saturated heterocycles. The van der Waals surface area contributed by atoms with Gasteiger partial charge in [0.25, 0.3) is 5.91 Å². The highest BCUT2D eigenvalue weighted by Gasteiger charge is 2.46. The van der Waals surface area contributed by atoms with Crippen LogP contribution in [0.25, 0.3) is 0 Å². The lowest BCUT2D eigenvalue weighted by Gasteiger charge is -2.39. The predicted molar refractivity (Wildman–Crippen MR) is 106 cm³/mol. The first-order valence-electron chi connectivity index (χ1n) is 9.72. The maximum atomic E-state index is 14.4. The van der Waals surface area contributed by atoms with E-state index in [1.165, 1.54) is 5.32 Å². The summed E-state index contributed by atoms with van der Waals surface area (Å²) < 4.78 is 72.9. The van der Waals surface area contributed by atoms with E-state index in [2.05, 4.69) is 0 Å². The number of carbonyl (C=O) groups is 2. The second kappa shape index (κ2) is 9.41. The fourth-order valence-electron chi connectivity index (χ4n) is 3.48. The Kier molecular flexibility index (Phi) is 7.22. The molecule has 1 aromatic rings. The van der Waals surface area contributed by atoms with Gasteiger partial charge in [0.15, 0.2) is 0 Å². The lowest BCUT2D eigenvalue weighted by atomic mass is 10.1. The summed E-state index contributed by atoms with van der Waals surface area (Å²) >= 11 is 6.05. The summed E-state index contributed by atoms with van der Waals surface area (Å²) in [7, 11) is -4.48. The van der Waals surface area contributed by atoms with Gasteiger partial charge in [0.2, 0.25) is 0 Å². The zero-order chi connectivity index (χ0) is 23.7. The van der Waals surface area contributed by atoms with E-state index >= 15 is 0 Å². The van der Waals surface area contributed by atoms with Crippen molar-refractivity contribution in [3.8, 4) is 5.75 Å². The fraction of sp³-hybridized carbons (Fsp3) is 0.556. The van der Waals surface area contributed by atoms with E-state index in [-0.39, 0.29) is 10.8 Å². The van der Waals surface area contributed by atoms with Gasteiger partial charge < -0.3 is 9.84 Å². The van der Waals surface area contributed by atoms with Gasteiger partial charge in [0.05, 0.1) is 17.2 Å². The van der Waals surface area contributed by atoms with Crippen LogP contribution in [0.3, 0.4) is 0 Å². The van der Waals surface area contributed by atoms with Crippen molar-refractivity contribution in [2.24, 2.45) is 5.92 Å². The summed E-state index contributed by atoms with van der Waals surface area (Å²) in [6, 6.07) is -3.53. The molecule has 3 rings (SSSR count). The molecule has 1 aliphatic heterocycles. The molecule has 2 aliphatic rings. The molecular weight excluding hydrogens is 479 g/mol. The molecule has 2 fully saturated rings. The number of carbonyl (C=O) groups excluding carboxylic acids is 1. The summed E-state index contributed by atoms with van der Waals surface area (Å²) in [6.45, 7) is -0.671. The minimum absolute atomic E-state index is 0.0338. The third kappa shape index (κ3) is 5.63. The Morgan fingerprint density at radius 3 is 2.47 bits per heavy atom. The van der Waals surface area contributed by atoms with Crippen molar-refractivity contribution < 1.29 is 41.0 Å². The molecule has 0 aromatic heterocycles. The number of hydrogen-bond acceptors (Lipinski definition) is 6. The summed E-state index contributed by atoms with van der Waals surface area (Å²) in [5.41, 5.74) is -0.639. The monoisotopic (exact) mass is 499 g/mol. The van der Waals surface area contributed by atoms with Gasteiger partial charge >= 0.3 is 22.2 Å². The Balaban J connectivity index is 1.59. The van der Waals surface area contributed by atoms with Gasteiger partial charge in [-0.1, -0.05) is 24.4 Å². The van der Waals surface area contributed by atoms with Crippen LogP contribution >= 0.6 is 11.6 Å². The first-order chi connectivity index (χ1) is 14.9. The van der Waals surface area contributed by atoms with Crippen molar-refractivity contribution in [3.05, 3.63) is 28.5 Å². The second-order valence-electron chi connectivity index (χ2n) is 7.70. The number of amides is 1. The van der Waals surface area contributed by atoms with E-state index in [9.17, 15) is 31.2 Å². The minimum Gasteiger partial charge on any atom is -0.492 e. The molecule has 1 amide bonds. The van der Waals surface area contributed by atoms with Crippen LogP contribution in [0.2, 0.25) is 5.02 Å². The van der Waals surface area contributed by atoms with Crippen molar-refractivity contribution in [3.63, 3.8) is 0 Å². The van der Waals surface area contributed by atoms with Crippen LogP contribution in [0.4, 0.5) is 13.2 Å². The Labute approximate surface area is 187 Å². The first kappa shape index (κ1) is 24.6. The molecule has 0 spiro atoms. The number of carboxylic acid groups (broad SMARTS) is 1. The van der Waals surface area contributed by atoms with Crippen LogP contribution in [0, 0.1) is 11.7 Å². The van der Waals surface area contributed by atoms with Crippen molar-refractivity contribution in [2.45, 2.75) is 37.8 Å². The van der Waals surface area contributed by atoms with Crippen molar-refractivity contribution in [2.75, 3.05) is 19.7 Å². The van der Waals surface area contributed by atoms with Crippen molar-refractivity contribution >= 4 is 33.7 Å².